The van der Waals surface area contributed by atoms with E-state index in [9.17, 15) is 18.6 Å². The number of fused-ring (bicyclic) bond motifs is 1. The Balaban J connectivity index is 1.93. The summed E-state index contributed by atoms with van der Waals surface area (Å²) in [6.07, 6.45) is -2.26. The second-order valence-corrected chi connectivity index (χ2v) is 9.85. The Kier molecular flexibility index (Phi) is 6.28. The molecule has 2 aliphatic heterocycles. The van der Waals surface area contributed by atoms with E-state index in [1.54, 1.807) is 0 Å². The van der Waals surface area contributed by atoms with E-state index in [0.29, 0.717) is 0 Å². The second kappa shape index (κ2) is 7.25. The van der Waals surface area contributed by atoms with Crippen molar-refractivity contribution in [1.29, 1.82) is 0 Å². The largest absolute Gasteiger partial charge is 0.490 e. The molecule has 2 heterocycles. The van der Waals surface area contributed by atoms with Crippen LogP contribution in [0.15, 0.2) is 0 Å². The first-order valence-electron chi connectivity index (χ1n) is 5.85. The molecule has 0 saturated carbocycles. The predicted molar refractivity (Wildman–Crippen MR) is 80.5 cm³/mol. The molecule has 2 rings (SSSR count). The van der Waals surface area contributed by atoms with E-state index in [0.717, 1.165) is 0 Å². The fourth-order valence-corrected chi connectivity index (χ4v) is 5.64. The van der Waals surface area contributed by atoms with Gasteiger partial charge in [-0.1, -0.05) is 0 Å². The first-order chi connectivity index (χ1) is 10.8. The maximum Gasteiger partial charge on any atom is 0.490 e. The van der Waals surface area contributed by atoms with E-state index in [1.165, 1.54) is 0 Å². The molecule has 0 radical (unpaired) electrons. The second-order valence-electron chi connectivity index (χ2n) is 4.44. The van der Waals surface area contributed by atoms with Crippen LogP contribution in [-0.2, 0) is 41.1 Å². The van der Waals surface area contributed by atoms with Crippen molar-refractivity contribution >= 4 is 50.2 Å². The minimum absolute atomic E-state index is 0.135. The van der Waals surface area contributed by atoms with E-state index < -0.39 is 54.2 Å². The monoisotopic (exact) mass is 448 g/mol. The lowest BCUT2D eigenvalue weighted by molar-refractivity contribution is -0.00174. The summed E-state index contributed by atoms with van der Waals surface area (Å²) in [6, 6.07) is 0. The Morgan fingerprint density at radius 3 is 2.21 bits per heavy atom. The van der Waals surface area contributed by atoms with Crippen molar-refractivity contribution in [2.45, 2.75) is 24.2 Å². The number of phosphoric ester groups is 1. The summed E-state index contributed by atoms with van der Waals surface area (Å²) in [5.74, 6) is -0.551. The first-order valence-corrected chi connectivity index (χ1v) is 11.4. The van der Waals surface area contributed by atoms with Gasteiger partial charge in [0.25, 0.3) is 0 Å². The zero-order valence-electron chi connectivity index (χ0n) is 11.3. The molecule has 2 aliphatic rings. The molecule has 0 aromatic heterocycles. The van der Waals surface area contributed by atoms with Crippen molar-refractivity contribution in [3.63, 3.8) is 0 Å². The van der Waals surface area contributed by atoms with Gasteiger partial charge >= 0.3 is 28.7 Å². The molecule has 24 heavy (non-hydrogen) atoms. The molecule has 7 unspecified atom stereocenters. The van der Waals surface area contributed by atoms with Gasteiger partial charge in [0.2, 0.25) is 0 Å². The van der Waals surface area contributed by atoms with Gasteiger partial charge in [-0.25, -0.2) is 13.7 Å². The summed E-state index contributed by atoms with van der Waals surface area (Å²) >= 11 is 4.72. The van der Waals surface area contributed by atoms with E-state index in [-0.39, 0.29) is 5.24 Å². The highest BCUT2D eigenvalue weighted by molar-refractivity contribution is 7.79. The fraction of sp³-hybridized carbons (Fsp3) is 0.833. The average molecular weight is 448 g/mol. The zero-order chi connectivity index (χ0) is 18.3. The maximum atomic E-state index is 11.6. The SMILES string of the molecule is O=P(O)(O)OP(=O)(O)OP(=O)(O)OCC1OC(P)C2OC(=S)OC12. The van der Waals surface area contributed by atoms with Crippen LogP contribution in [0.3, 0.4) is 0 Å². The van der Waals surface area contributed by atoms with Crippen LogP contribution >= 0.6 is 44.9 Å². The highest BCUT2D eigenvalue weighted by Gasteiger charge is 2.52. The normalized spacial score (nSPS) is 34.8. The molecule has 4 N–H and O–H groups in total. The van der Waals surface area contributed by atoms with Crippen LogP contribution in [0.25, 0.3) is 0 Å². The lowest BCUT2D eigenvalue weighted by Crippen LogP contribution is -2.31. The van der Waals surface area contributed by atoms with Gasteiger partial charge in [0.15, 0.2) is 12.2 Å². The van der Waals surface area contributed by atoms with Crippen LogP contribution < -0.4 is 0 Å². The number of hydrogen-bond acceptors (Lipinski definition) is 10. The molecule has 13 nitrogen and oxygen atoms in total. The van der Waals surface area contributed by atoms with Gasteiger partial charge in [0.1, 0.15) is 11.9 Å². The van der Waals surface area contributed by atoms with Gasteiger partial charge in [0, 0.05) is 12.2 Å². The van der Waals surface area contributed by atoms with Crippen LogP contribution in [0.4, 0.5) is 0 Å². The first kappa shape index (κ1) is 20.8. The lowest BCUT2D eigenvalue weighted by Gasteiger charge is -2.19. The summed E-state index contributed by atoms with van der Waals surface area (Å²) in [6.45, 7) is -0.637. The van der Waals surface area contributed by atoms with Crippen LogP contribution in [0, 0.1) is 0 Å². The summed E-state index contributed by atoms with van der Waals surface area (Å²) in [7, 11) is -13.9. The van der Waals surface area contributed by atoms with Crippen LogP contribution in [0.5, 0.6) is 0 Å². The molecule has 0 aromatic carbocycles. The van der Waals surface area contributed by atoms with E-state index in [4.69, 9.17) is 41.1 Å². The van der Waals surface area contributed by atoms with Crippen molar-refractivity contribution in [3.8, 4) is 0 Å². The van der Waals surface area contributed by atoms with Crippen molar-refractivity contribution in [3.05, 3.63) is 0 Å². The average Bonchev–Trinajstić information content (AvgIpc) is 2.82. The molecule has 0 bridgehead atoms. The zero-order valence-corrected chi connectivity index (χ0v) is 16.0. The topological polar surface area (TPSA) is 188 Å². The van der Waals surface area contributed by atoms with Gasteiger partial charge in [-0.2, -0.15) is 8.62 Å². The predicted octanol–water partition coefficient (Wildman–Crippen LogP) is -0.00140. The van der Waals surface area contributed by atoms with E-state index in [1.807, 2.05) is 0 Å². The van der Waals surface area contributed by atoms with Gasteiger partial charge in [-0.3, -0.25) is 4.52 Å². The Morgan fingerprint density at radius 1 is 1.04 bits per heavy atom. The highest BCUT2D eigenvalue weighted by Crippen LogP contribution is 2.66. The van der Waals surface area contributed by atoms with Crippen molar-refractivity contribution < 1.29 is 60.6 Å². The van der Waals surface area contributed by atoms with Gasteiger partial charge in [0.05, 0.1) is 6.61 Å². The summed E-state index contributed by atoms with van der Waals surface area (Å²) in [5, 5.41) is -0.135. The van der Waals surface area contributed by atoms with Crippen molar-refractivity contribution in [2.75, 3.05) is 6.61 Å². The third-order valence-electron chi connectivity index (χ3n) is 2.63. The number of phosphoric acid groups is 3. The van der Waals surface area contributed by atoms with Gasteiger partial charge in [-0.05, 0) is 0 Å². The summed E-state index contributed by atoms with van der Waals surface area (Å²) in [5.41, 5.74) is 0. The van der Waals surface area contributed by atoms with Gasteiger partial charge < -0.3 is 33.8 Å². The smallest absolute Gasteiger partial charge is 0.447 e. The lowest BCUT2D eigenvalue weighted by atomic mass is 10.2. The number of ether oxygens (including phenoxy) is 3. The standard InChI is InChI=1S/C6H12O13P4S/c7-21(8,9)18-23(12,13)19-22(10,11)14-1-2-3-4(5(20)15-2)17-6(24)16-3/h2-5H,1,20H2,(H,10,11)(H,12,13)(H2,7,8,9). The highest BCUT2D eigenvalue weighted by atomic mass is 32.1. The molecule has 2 fully saturated rings. The molecular weight excluding hydrogens is 436 g/mol. The third kappa shape index (κ3) is 5.75. The van der Waals surface area contributed by atoms with Gasteiger partial charge in [-0.15, -0.1) is 9.24 Å². The molecule has 2 saturated heterocycles. The molecule has 0 aliphatic carbocycles. The van der Waals surface area contributed by atoms with E-state index >= 15 is 0 Å². The molecular formula is C6H12O13P4S. The molecule has 7 atom stereocenters. The minimum atomic E-state index is -5.56. The van der Waals surface area contributed by atoms with E-state index in [2.05, 4.69) is 22.4 Å². The number of hydrogen-bond donors (Lipinski definition) is 4. The summed E-state index contributed by atoms with van der Waals surface area (Å²) in [4.78, 5) is 35.2. The third-order valence-corrected chi connectivity index (χ3v) is 7.16. The Bertz CT molecular complexity index is 646. The summed E-state index contributed by atoms with van der Waals surface area (Å²) < 4.78 is 60.5. The Hall–Kier alpha value is 0.490. The maximum absolute atomic E-state index is 11.6. The molecule has 0 spiro atoms. The van der Waals surface area contributed by atoms with Crippen LogP contribution in [-0.4, -0.2) is 55.6 Å². The molecule has 18 heteroatoms. The van der Waals surface area contributed by atoms with Crippen molar-refractivity contribution in [1.82, 2.24) is 0 Å². The van der Waals surface area contributed by atoms with Crippen LogP contribution in [0.1, 0.15) is 0 Å². The van der Waals surface area contributed by atoms with Crippen molar-refractivity contribution in [2.24, 2.45) is 0 Å². The molecule has 140 valence electrons. The quantitative estimate of drug-likeness (QED) is 0.301. The fourth-order valence-electron chi connectivity index (χ4n) is 1.89. The minimum Gasteiger partial charge on any atom is -0.447 e. The molecule has 0 aromatic rings. The number of thiocarbonyl (C=S) groups is 1. The molecule has 0 amide bonds. The Labute approximate surface area is 142 Å². The Morgan fingerprint density at radius 2 is 1.62 bits per heavy atom. The number of rotatable bonds is 7. The van der Waals surface area contributed by atoms with Crippen LogP contribution in [0.2, 0.25) is 0 Å².